The monoisotopic (exact) mass is 236 g/mol. The van der Waals surface area contributed by atoms with Crippen LogP contribution in [0.5, 0.6) is 0 Å². The minimum atomic E-state index is -0.135. The van der Waals surface area contributed by atoms with Crippen LogP contribution in [0.4, 0.5) is 0 Å². The van der Waals surface area contributed by atoms with Crippen LogP contribution < -0.4 is 5.32 Å². The molecule has 17 heavy (non-hydrogen) atoms. The van der Waals surface area contributed by atoms with E-state index in [1.807, 2.05) is 0 Å². The normalized spacial score (nSPS) is 10.5. The van der Waals surface area contributed by atoms with Gasteiger partial charge in [-0.05, 0) is 13.8 Å². The molecule has 2 aromatic rings. The lowest BCUT2D eigenvalue weighted by Crippen LogP contribution is -2.25. The molecule has 0 aliphatic rings. The first-order valence-electron chi connectivity index (χ1n) is 5.07. The Labute approximate surface area is 96.8 Å². The van der Waals surface area contributed by atoms with Crippen LogP contribution in [-0.4, -0.2) is 31.7 Å². The molecule has 0 atom stereocenters. The van der Waals surface area contributed by atoms with Crippen molar-refractivity contribution in [1.82, 2.24) is 31.1 Å². The molecule has 0 radical (unpaired) electrons. The van der Waals surface area contributed by atoms with Gasteiger partial charge in [-0.25, -0.2) is 0 Å². The van der Waals surface area contributed by atoms with Crippen molar-refractivity contribution in [3.8, 4) is 0 Å². The molecule has 90 valence electrons. The molecule has 8 heteroatoms. The van der Waals surface area contributed by atoms with Gasteiger partial charge in [-0.2, -0.15) is 5.21 Å². The number of amides is 1. The molecule has 8 nitrogen and oxygen atoms in total. The van der Waals surface area contributed by atoms with Crippen LogP contribution in [0.2, 0.25) is 0 Å². The van der Waals surface area contributed by atoms with E-state index < -0.39 is 0 Å². The van der Waals surface area contributed by atoms with Crippen molar-refractivity contribution in [2.45, 2.75) is 26.8 Å². The quantitative estimate of drug-likeness (QED) is 0.751. The van der Waals surface area contributed by atoms with Gasteiger partial charge in [-0.1, -0.05) is 10.4 Å². The highest BCUT2D eigenvalue weighted by molar-refractivity contribution is 5.78. The maximum Gasteiger partial charge on any atom is 0.225 e. The van der Waals surface area contributed by atoms with E-state index in [0.717, 1.165) is 11.3 Å². The minimum absolute atomic E-state index is 0.135. The molecule has 2 rings (SSSR count). The minimum Gasteiger partial charge on any atom is -0.361 e. The molecule has 0 fully saturated rings. The summed E-state index contributed by atoms with van der Waals surface area (Å²) in [7, 11) is 0. The number of aromatic nitrogens is 5. The predicted molar refractivity (Wildman–Crippen MR) is 55.7 cm³/mol. The third-order valence-electron chi connectivity index (χ3n) is 2.35. The fourth-order valence-corrected chi connectivity index (χ4v) is 1.41. The smallest absolute Gasteiger partial charge is 0.225 e. The standard InChI is InChI=1S/C9H12N6O2/c1-5-7(6(2)17-13-5)3-9(16)10-4-8-11-14-15-12-8/h3-4H2,1-2H3,(H,10,16)(H,11,12,14,15). The highest BCUT2D eigenvalue weighted by atomic mass is 16.5. The lowest BCUT2D eigenvalue weighted by molar-refractivity contribution is -0.120. The number of nitrogens with one attached hydrogen (secondary N) is 2. The maximum atomic E-state index is 11.6. The molecule has 1 amide bonds. The zero-order valence-corrected chi connectivity index (χ0v) is 9.52. The Morgan fingerprint density at radius 3 is 2.88 bits per heavy atom. The average Bonchev–Trinajstić information content (AvgIpc) is 2.91. The maximum absolute atomic E-state index is 11.6. The Morgan fingerprint density at radius 1 is 1.47 bits per heavy atom. The second-order valence-corrected chi connectivity index (χ2v) is 3.58. The van der Waals surface area contributed by atoms with E-state index in [4.69, 9.17) is 4.52 Å². The molecule has 2 aromatic heterocycles. The number of rotatable bonds is 4. The molecule has 0 unspecified atom stereocenters. The van der Waals surface area contributed by atoms with Gasteiger partial charge in [0.25, 0.3) is 0 Å². The van der Waals surface area contributed by atoms with Crippen LogP contribution in [0, 0.1) is 13.8 Å². The van der Waals surface area contributed by atoms with Gasteiger partial charge in [0.2, 0.25) is 5.91 Å². The Morgan fingerprint density at radius 2 is 2.29 bits per heavy atom. The lowest BCUT2D eigenvalue weighted by atomic mass is 10.1. The number of H-pyrrole nitrogens is 1. The number of carbonyl (C=O) groups is 1. The SMILES string of the molecule is Cc1noc(C)c1CC(=O)NCc1nn[nH]n1. The summed E-state index contributed by atoms with van der Waals surface area (Å²) in [5.41, 5.74) is 1.55. The molecule has 0 saturated carbocycles. The first kappa shape index (κ1) is 11.2. The highest BCUT2D eigenvalue weighted by Gasteiger charge is 2.13. The van der Waals surface area contributed by atoms with Gasteiger partial charge in [-0.3, -0.25) is 4.79 Å². The van der Waals surface area contributed by atoms with Crippen molar-refractivity contribution in [3.05, 3.63) is 22.8 Å². The first-order chi connectivity index (χ1) is 8.16. The van der Waals surface area contributed by atoms with E-state index in [-0.39, 0.29) is 18.9 Å². The first-order valence-corrected chi connectivity index (χ1v) is 5.07. The summed E-state index contributed by atoms with van der Waals surface area (Å²) in [4.78, 5) is 11.6. The summed E-state index contributed by atoms with van der Waals surface area (Å²) in [5, 5.41) is 19.6. The molecular formula is C9H12N6O2. The zero-order chi connectivity index (χ0) is 12.3. The summed E-state index contributed by atoms with van der Waals surface area (Å²) >= 11 is 0. The van der Waals surface area contributed by atoms with E-state index >= 15 is 0 Å². The second-order valence-electron chi connectivity index (χ2n) is 3.58. The second kappa shape index (κ2) is 4.73. The van der Waals surface area contributed by atoms with Crippen molar-refractivity contribution >= 4 is 5.91 Å². The summed E-state index contributed by atoms with van der Waals surface area (Å²) in [5.74, 6) is 0.971. The van der Waals surface area contributed by atoms with Gasteiger partial charge in [0, 0.05) is 5.56 Å². The summed E-state index contributed by atoms with van der Waals surface area (Å²) in [6, 6.07) is 0. The fraction of sp³-hybridized carbons (Fsp3) is 0.444. The van der Waals surface area contributed by atoms with Gasteiger partial charge >= 0.3 is 0 Å². The molecule has 0 aromatic carbocycles. The number of hydrogen-bond donors (Lipinski definition) is 2. The van der Waals surface area contributed by atoms with E-state index in [9.17, 15) is 4.79 Å². The molecule has 2 N–H and O–H groups in total. The van der Waals surface area contributed by atoms with Crippen molar-refractivity contribution in [2.24, 2.45) is 0 Å². The molecule has 0 spiro atoms. The molecule has 0 bridgehead atoms. The lowest BCUT2D eigenvalue weighted by Gasteiger charge is -2.01. The Bertz CT molecular complexity index is 484. The Hall–Kier alpha value is -2.25. The van der Waals surface area contributed by atoms with Crippen LogP contribution in [0.25, 0.3) is 0 Å². The van der Waals surface area contributed by atoms with Crippen molar-refractivity contribution in [1.29, 1.82) is 0 Å². The molecule has 0 aliphatic carbocycles. The third-order valence-corrected chi connectivity index (χ3v) is 2.35. The molecular weight excluding hydrogens is 224 g/mol. The van der Waals surface area contributed by atoms with E-state index in [2.05, 4.69) is 31.1 Å². The van der Waals surface area contributed by atoms with Gasteiger partial charge in [0.05, 0.1) is 18.7 Å². The fourth-order valence-electron chi connectivity index (χ4n) is 1.41. The van der Waals surface area contributed by atoms with Crippen LogP contribution >= 0.6 is 0 Å². The third kappa shape index (κ3) is 2.65. The highest BCUT2D eigenvalue weighted by Crippen LogP contribution is 2.12. The van der Waals surface area contributed by atoms with Crippen LogP contribution in [0.15, 0.2) is 4.52 Å². The van der Waals surface area contributed by atoms with E-state index in [0.29, 0.717) is 11.6 Å². The van der Waals surface area contributed by atoms with E-state index in [1.165, 1.54) is 0 Å². The van der Waals surface area contributed by atoms with Gasteiger partial charge < -0.3 is 9.84 Å². The number of aryl methyl sites for hydroxylation is 2. The Balaban J connectivity index is 1.89. The molecule has 0 saturated heterocycles. The van der Waals surface area contributed by atoms with Gasteiger partial charge in [0.1, 0.15) is 5.76 Å². The van der Waals surface area contributed by atoms with Crippen LogP contribution in [0.3, 0.4) is 0 Å². The van der Waals surface area contributed by atoms with Crippen molar-refractivity contribution < 1.29 is 9.32 Å². The van der Waals surface area contributed by atoms with Crippen molar-refractivity contribution in [2.75, 3.05) is 0 Å². The largest absolute Gasteiger partial charge is 0.361 e. The number of nitrogens with zero attached hydrogens (tertiary/aromatic N) is 4. The summed E-state index contributed by atoms with van der Waals surface area (Å²) in [6.45, 7) is 3.83. The number of tetrazole rings is 1. The molecule has 0 aliphatic heterocycles. The zero-order valence-electron chi connectivity index (χ0n) is 9.52. The molecule has 2 heterocycles. The number of hydrogen-bond acceptors (Lipinski definition) is 6. The van der Waals surface area contributed by atoms with Gasteiger partial charge in [0.15, 0.2) is 5.82 Å². The average molecular weight is 236 g/mol. The number of aromatic amines is 1. The Kier molecular flexibility index (Phi) is 3.12. The number of carbonyl (C=O) groups excluding carboxylic acids is 1. The van der Waals surface area contributed by atoms with Crippen molar-refractivity contribution in [3.63, 3.8) is 0 Å². The van der Waals surface area contributed by atoms with E-state index in [1.54, 1.807) is 13.8 Å². The topological polar surface area (TPSA) is 110 Å². The predicted octanol–water partition coefficient (Wildman–Crippen LogP) is -0.337. The van der Waals surface area contributed by atoms with Crippen LogP contribution in [0.1, 0.15) is 22.8 Å². The van der Waals surface area contributed by atoms with Gasteiger partial charge in [-0.15, -0.1) is 10.2 Å². The van der Waals surface area contributed by atoms with Crippen LogP contribution in [-0.2, 0) is 17.8 Å². The summed E-state index contributed by atoms with van der Waals surface area (Å²) < 4.78 is 4.98. The summed E-state index contributed by atoms with van der Waals surface area (Å²) in [6.07, 6.45) is 0.235.